The third kappa shape index (κ3) is 2.98. The Labute approximate surface area is 115 Å². The molecule has 0 bridgehead atoms. The molecular formula is C12H16BrClN2O. The minimum Gasteiger partial charge on any atom is -0.370 e. The summed E-state index contributed by atoms with van der Waals surface area (Å²) in [6.45, 7) is 4.73. The van der Waals surface area contributed by atoms with Crippen molar-refractivity contribution in [1.82, 2.24) is 9.97 Å². The molecule has 94 valence electrons. The maximum atomic E-state index is 6.11. The molecule has 1 aliphatic carbocycles. The lowest BCUT2D eigenvalue weighted by Gasteiger charge is -2.16. The molecule has 17 heavy (non-hydrogen) atoms. The lowest BCUT2D eigenvalue weighted by atomic mass is 10.2. The lowest BCUT2D eigenvalue weighted by Crippen LogP contribution is -2.12. The molecule has 1 aromatic rings. The van der Waals surface area contributed by atoms with Crippen molar-refractivity contribution in [2.24, 2.45) is 5.92 Å². The highest BCUT2D eigenvalue weighted by molar-refractivity contribution is 9.10. The fourth-order valence-corrected chi connectivity index (χ4v) is 2.50. The van der Waals surface area contributed by atoms with Crippen molar-refractivity contribution in [3.05, 3.63) is 21.1 Å². The summed E-state index contributed by atoms with van der Waals surface area (Å²) in [4.78, 5) is 8.91. The maximum Gasteiger partial charge on any atom is 0.159 e. The number of hydrogen-bond acceptors (Lipinski definition) is 3. The van der Waals surface area contributed by atoms with Crippen LogP contribution in [0.1, 0.15) is 44.3 Å². The maximum absolute atomic E-state index is 6.11. The van der Waals surface area contributed by atoms with Crippen molar-refractivity contribution in [3.8, 4) is 0 Å². The summed E-state index contributed by atoms with van der Waals surface area (Å²) < 4.78 is 6.55. The van der Waals surface area contributed by atoms with Gasteiger partial charge in [-0.1, -0.05) is 18.5 Å². The van der Waals surface area contributed by atoms with Gasteiger partial charge in [0.25, 0.3) is 0 Å². The Morgan fingerprint density at radius 3 is 2.65 bits per heavy atom. The molecule has 0 aliphatic heterocycles. The summed E-state index contributed by atoms with van der Waals surface area (Å²) >= 11 is 9.53. The minimum absolute atomic E-state index is 0.0101. The number of halogens is 2. The van der Waals surface area contributed by atoms with Crippen LogP contribution in [0.2, 0.25) is 5.15 Å². The zero-order chi connectivity index (χ0) is 12.4. The van der Waals surface area contributed by atoms with E-state index < -0.39 is 0 Å². The topological polar surface area (TPSA) is 35.0 Å². The van der Waals surface area contributed by atoms with E-state index in [0.717, 1.165) is 22.4 Å². The van der Waals surface area contributed by atoms with E-state index in [1.807, 2.05) is 6.92 Å². The van der Waals surface area contributed by atoms with Crippen LogP contribution in [0.25, 0.3) is 0 Å². The Kier molecular flexibility index (Phi) is 4.39. The first-order valence-corrected chi connectivity index (χ1v) is 7.17. The minimum atomic E-state index is 0.0101. The fraction of sp³-hybridized carbons (Fsp3) is 0.667. The summed E-state index contributed by atoms with van der Waals surface area (Å²) in [5, 5.41) is 0.484. The van der Waals surface area contributed by atoms with Gasteiger partial charge in [-0.05, 0) is 48.0 Å². The van der Waals surface area contributed by atoms with Crippen LogP contribution < -0.4 is 0 Å². The van der Waals surface area contributed by atoms with Crippen LogP contribution in [-0.4, -0.2) is 16.6 Å². The number of aromatic nitrogens is 2. The van der Waals surface area contributed by atoms with Gasteiger partial charge in [0.05, 0.1) is 10.2 Å². The first-order valence-electron chi connectivity index (χ1n) is 6.00. The summed E-state index contributed by atoms with van der Waals surface area (Å²) in [6.07, 6.45) is 3.24. The van der Waals surface area contributed by atoms with Crippen molar-refractivity contribution in [1.29, 1.82) is 0 Å². The largest absolute Gasteiger partial charge is 0.370 e. The second kappa shape index (κ2) is 5.63. The second-order valence-electron chi connectivity index (χ2n) is 4.20. The highest BCUT2D eigenvalue weighted by Crippen LogP contribution is 2.42. The van der Waals surface area contributed by atoms with Gasteiger partial charge in [-0.15, -0.1) is 0 Å². The van der Waals surface area contributed by atoms with E-state index in [0.29, 0.717) is 17.7 Å². The molecule has 0 N–H and O–H groups in total. The summed E-state index contributed by atoms with van der Waals surface area (Å²) in [5.74, 6) is 1.30. The monoisotopic (exact) mass is 318 g/mol. The van der Waals surface area contributed by atoms with Gasteiger partial charge in [0.1, 0.15) is 11.3 Å². The van der Waals surface area contributed by atoms with E-state index in [4.69, 9.17) is 16.3 Å². The molecule has 0 aromatic carbocycles. The van der Waals surface area contributed by atoms with Crippen molar-refractivity contribution in [2.75, 3.05) is 6.61 Å². The lowest BCUT2D eigenvalue weighted by molar-refractivity contribution is 0.0398. The zero-order valence-electron chi connectivity index (χ0n) is 10.0. The highest BCUT2D eigenvalue weighted by Gasteiger charge is 2.35. The Bertz CT molecular complexity index is 410. The third-order valence-corrected chi connectivity index (χ3v) is 4.22. The number of rotatable bonds is 5. The van der Waals surface area contributed by atoms with Crippen molar-refractivity contribution in [3.63, 3.8) is 0 Å². The van der Waals surface area contributed by atoms with Gasteiger partial charge in [-0.2, -0.15) is 0 Å². The van der Waals surface area contributed by atoms with Gasteiger partial charge < -0.3 is 4.74 Å². The summed E-state index contributed by atoms with van der Waals surface area (Å²) in [5.41, 5.74) is 0.949. The SMILES string of the molecule is CCOC(c1nc(Cl)c(Br)c(CC)n1)C1CC1. The molecule has 0 spiro atoms. The van der Waals surface area contributed by atoms with Gasteiger partial charge in [-0.3, -0.25) is 0 Å². The van der Waals surface area contributed by atoms with Gasteiger partial charge >= 0.3 is 0 Å². The van der Waals surface area contributed by atoms with E-state index in [9.17, 15) is 0 Å². The van der Waals surface area contributed by atoms with Crippen LogP contribution in [0.5, 0.6) is 0 Å². The normalized spacial score (nSPS) is 17.2. The predicted octanol–water partition coefficient (Wildman–Crippen LogP) is 3.94. The third-order valence-electron chi connectivity index (χ3n) is 2.88. The van der Waals surface area contributed by atoms with Crippen LogP contribution >= 0.6 is 27.5 Å². The standard InChI is InChI=1S/C12H16BrClN2O/c1-3-8-9(13)11(14)16-12(15-8)10(17-4-2)7-5-6-7/h7,10H,3-6H2,1-2H3. The number of hydrogen-bond donors (Lipinski definition) is 0. The first-order chi connectivity index (χ1) is 8.17. The molecule has 1 atom stereocenters. The molecular weight excluding hydrogens is 304 g/mol. The molecule has 1 aromatic heterocycles. The summed E-state index contributed by atoms with van der Waals surface area (Å²) in [7, 11) is 0. The van der Waals surface area contributed by atoms with Crippen LogP contribution in [0.4, 0.5) is 0 Å². The molecule has 1 fully saturated rings. The quantitative estimate of drug-likeness (QED) is 0.771. The highest BCUT2D eigenvalue weighted by atomic mass is 79.9. The summed E-state index contributed by atoms with van der Waals surface area (Å²) in [6, 6.07) is 0. The van der Waals surface area contributed by atoms with Crippen LogP contribution in [0.15, 0.2) is 4.47 Å². The Morgan fingerprint density at radius 2 is 2.12 bits per heavy atom. The number of ether oxygens (including phenoxy) is 1. The van der Waals surface area contributed by atoms with E-state index in [1.165, 1.54) is 12.8 Å². The van der Waals surface area contributed by atoms with Crippen molar-refractivity contribution >= 4 is 27.5 Å². The smallest absolute Gasteiger partial charge is 0.159 e. The van der Waals surface area contributed by atoms with Gasteiger partial charge in [0.15, 0.2) is 5.82 Å². The molecule has 3 nitrogen and oxygen atoms in total. The van der Waals surface area contributed by atoms with Crippen molar-refractivity contribution < 1.29 is 4.74 Å². The molecule has 1 unspecified atom stereocenters. The Hall–Kier alpha value is -0.190. The van der Waals surface area contributed by atoms with Crippen LogP contribution in [-0.2, 0) is 11.2 Å². The average Bonchev–Trinajstić information content (AvgIpc) is 3.13. The molecule has 1 aliphatic rings. The Balaban J connectivity index is 2.32. The number of nitrogens with zero attached hydrogens (tertiary/aromatic N) is 2. The molecule has 0 saturated heterocycles. The molecule has 5 heteroatoms. The van der Waals surface area contributed by atoms with Gasteiger partial charge in [0, 0.05) is 6.61 Å². The van der Waals surface area contributed by atoms with Crippen molar-refractivity contribution in [2.45, 2.75) is 39.2 Å². The van der Waals surface area contributed by atoms with Gasteiger partial charge in [0.2, 0.25) is 0 Å². The second-order valence-corrected chi connectivity index (χ2v) is 5.35. The van der Waals surface area contributed by atoms with Gasteiger partial charge in [-0.25, -0.2) is 9.97 Å². The zero-order valence-corrected chi connectivity index (χ0v) is 12.4. The molecule has 2 rings (SSSR count). The Morgan fingerprint density at radius 1 is 1.41 bits per heavy atom. The molecule has 1 heterocycles. The van der Waals surface area contributed by atoms with Crippen LogP contribution in [0.3, 0.4) is 0 Å². The average molecular weight is 320 g/mol. The molecule has 1 saturated carbocycles. The van der Waals surface area contributed by atoms with Crippen LogP contribution in [0, 0.1) is 5.92 Å². The molecule has 0 radical (unpaired) electrons. The first kappa shape index (κ1) is 13.2. The predicted molar refractivity (Wildman–Crippen MR) is 71.2 cm³/mol. The number of aryl methyl sites for hydroxylation is 1. The van der Waals surface area contributed by atoms with E-state index in [2.05, 4.69) is 32.8 Å². The fourth-order valence-electron chi connectivity index (χ4n) is 1.84. The molecule has 0 amide bonds. The van der Waals surface area contributed by atoms with E-state index in [1.54, 1.807) is 0 Å². The van der Waals surface area contributed by atoms with E-state index >= 15 is 0 Å². The van der Waals surface area contributed by atoms with E-state index in [-0.39, 0.29) is 6.10 Å².